The lowest BCUT2D eigenvalue weighted by atomic mass is 10.2. The van der Waals surface area contributed by atoms with Crippen LogP contribution in [0.4, 0.5) is 0 Å². The number of imidazole rings is 1. The van der Waals surface area contributed by atoms with E-state index in [9.17, 15) is 8.42 Å². The van der Waals surface area contributed by atoms with Gasteiger partial charge in [0.2, 0.25) is 15.0 Å². The van der Waals surface area contributed by atoms with Gasteiger partial charge in [0.05, 0.1) is 29.9 Å². The highest BCUT2D eigenvalue weighted by Gasteiger charge is 2.32. The summed E-state index contributed by atoms with van der Waals surface area (Å²) in [5, 5.41) is 7.59. The number of aryl methyl sites for hydroxylation is 1. The molecule has 1 fully saturated rings. The minimum Gasteiger partial charge on any atom is -0.383 e. The van der Waals surface area contributed by atoms with Crippen molar-refractivity contribution in [2.45, 2.75) is 57.4 Å². The van der Waals surface area contributed by atoms with E-state index in [1.54, 1.807) is 17.9 Å². The van der Waals surface area contributed by atoms with Crippen molar-refractivity contribution >= 4 is 9.84 Å². The van der Waals surface area contributed by atoms with E-state index in [0.717, 1.165) is 42.8 Å². The van der Waals surface area contributed by atoms with Crippen molar-refractivity contribution in [2.24, 2.45) is 5.92 Å². The van der Waals surface area contributed by atoms with Crippen LogP contribution in [-0.4, -0.2) is 59.6 Å². The number of aromatic nitrogens is 4. The zero-order chi connectivity index (χ0) is 20.1. The van der Waals surface area contributed by atoms with Gasteiger partial charge in [0, 0.05) is 32.4 Å². The van der Waals surface area contributed by atoms with Gasteiger partial charge in [-0.3, -0.25) is 10.00 Å². The molecular formula is C19H31N5O3S. The summed E-state index contributed by atoms with van der Waals surface area (Å²) in [6.07, 6.45) is 5.71. The molecule has 156 valence electrons. The van der Waals surface area contributed by atoms with Gasteiger partial charge in [0.25, 0.3) is 0 Å². The molecule has 1 aliphatic carbocycles. The van der Waals surface area contributed by atoms with Crippen LogP contribution in [-0.2, 0) is 40.6 Å². The molecule has 2 aromatic heterocycles. The molecule has 3 rings (SSSR count). The summed E-state index contributed by atoms with van der Waals surface area (Å²) in [5.74, 6) is 0.488. The van der Waals surface area contributed by atoms with E-state index in [2.05, 4.69) is 33.1 Å². The molecule has 0 amide bonds. The van der Waals surface area contributed by atoms with Crippen LogP contribution in [0.15, 0.2) is 17.4 Å². The molecule has 1 aliphatic rings. The van der Waals surface area contributed by atoms with Crippen molar-refractivity contribution in [3.8, 4) is 0 Å². The fourth-order valence-electron chi connectivity index (χ4n) is 3.36. The number of hydrogen-bond acceptors (Lipinski definition) is 6. The van der Waals surface area contributed by atoms with Crippen LogP contribution in [0.25, 0.3) is 0 Å². The third-order valence-corrected chi connectivity index (χ3v) is 6.71. The number of H-pyrrole nitrogens is 1. The Morgan fingerprint density at radius 1 is 1.36 bits per heavy atom. The molecule has 0 unspecified atom stereocenters. The van der Waals surface area contributed by atoms with E-state index in [4.69, 9.17) is 4.74 Å². The highest BCUT2D eigenvalue weighted by molar-refractivity contribution is 7.91. The normalized spacial score (nSPS) is 14.9. The average Bonchev–Trinajstić information content (AvgIpc) is 3.17. The van der Waals surface area contributed by atoms with Crippen molar-refractivity contribution in [3.05, 3.63) is 29.3 Å². The molecule has 28 heavy (non-hydrogen) atoms. The number of aromatic amines is 1. The maximum atomic E-state index is 12.8. The average molecular weight is 410 g/mol. The second-order valence-electron chi connectivity index (χ2n) is 7.71. The molecule has 9 heteroatoms. The Morgan fingerprint density at radius 3 is 2.82 bits per heavy atom. The Labute approximate surface area is 167 Å². The Balaban J connectivity index is 1.72. The fraction of sp³-hybridized carbons (Fsp3) is 0.684. The number of sulfone groups is 1. The SMILES string of the molecule is CCCc1cc(CN(C)Cc2cnc(S(=O)(=O)CC3CC3)n2CCOC)[nH]n1. The van der Waals surface area contributed by atoms with Gasteiger partial charge in [0.1, 0.15) is 0 Å². The number of hydrogen-bond donors (Lipinski definition) is 1. The standard InChI is InChI=1S/C19H31N5O3S/c1-4-5-16-10-17(22-21-16)12-23(2)13-18-11-20-19(24(18)8-9-27-3)28(25,26)14-15-6-7-15/h10-11,15H,4-9,12-14H2,1-3H3,(H,21,22). The zero-order valence-corrected chi connectivity index (χ0v) is 17.8. The van der Waals surface area contributed by atoms with E-state index < -0.39 is 9.84 Å². The molecule has 0 saturated heterocycles. The summed E-state index contributed by atoms with van der Waals surface area (Å²) in [4.78, 5) is 6.41. The smallest absolute Gasteiger partial charge is 0.227 e. The molecule has 0 aliphatic heterocycles. The predicted molar refractivity (Wildman–Crippen MR) is 107 cm³/mol. The number of ether oxygens (including phenoxy) is 1. The first-order valence-corrected chi connectivity index (χ1v) is 11.6. The van der Waals surface area contributed by atoms with Crippen molar-refractivity contribution in [2.75, 3.05) is 26.5 Å². The highest BCUT2D eigenvalue weighted by Crippen LogP contribution is 2.32. The molecule has 0 spiro atoms. The van der Waals surface area contributed by atoms with Gasteiger partial charge >= 0.3 is 0 Å². The first-order valence-electron chi connectivity index (χ1n) is 9.90. The number of nitrogens with one attached hydrogen (secondary N) is 1. The monoisotopic (exact) mass is 409 g/mol. The minimum absolute atomic E-state index is 0.173. The largest absolute Gasteiger partial charge is 0.383 e. The summed E-state index contributed by atoms with van der Waals surface area (Å²) >= 11 is 0. The van der Waals surface area contributed by atoms with Crippen LogP contribution >= 0.6 is 0 Å². The van der Waals surface area contributed by atoms with Gasteiger partial charge in [-0.1, -0.05) is 13.3 Å². The summed E-state index contributed by atoms with van der Waals surface area (Å²) in [7, 11) is 0.251. The zero-order valence-electron chi connectivity index (χ0n) is 17.0. The van der Waals surface area contributed by atoms with E-state index in [0.29, 0.717) is 32.2 Å². The lowest BCUT2D eigenvalue weighted by Gasteiger charge is -2.18. The van der Waals surface area contributed by atoms with Crippen LogP contribution < -0.4 is 0 Å². The second-order valence-corrected chi connectivity index (χ2v) is 9.64. The molecular weight excluding hydrogens is 378 g/mol. The van der Waals surface area contributed by atoms with E-state index in [1.165, 1.54) is 0 Å². The first-order chi connectivity index (χ1) is 13.4. The molecule has 8 nitrogen and oxygen atoms in total. The second kappa shape index (κ2) is 9.19. The van der Waals surface area contributed by atoms with Gasteiger partial charge in [-0.25, -0.2) is 13.4 Å². The molecule has 0 atom stereocenters. The summed E-state index contributed by atoms with van der Waals surface area (Å²) < 4.78 is 32.5. The maximum absolute atomic E-state index is 12.8. The van der Waals surface area contributed by atoms with Gasteiger partial charge < -0.3 is 9.30 Å². The van der Waals surface area contributed by atoms with Crippen LogP contribution in [0.2, 0.25) is 0 Å². The van der Waals surface area contributed by atoms with Crippen LogP contribution in [0, 0.1) is 5.92 Å². The van der Waals surface area contributed by atoms with Gasteiger partial charge in [0.15, 0.2) is 0 Å². The van der Waals surface area contributed by atoms with Gasteiger partial charge in [-0.05, 0) is 38.3 Å². The van der Waals surface area contributed by atoms with Crippen molar-refractivity contribution in [1.29, 1.82) is 0 Å². The van der Waals surface area contributed by atoms with Gasteiger partial charge in [-0.15, -0.1) is 0 Å². The Hall–Kier alpha value is -1.71. The van der Waals surface area contributed by atoms with Crippen LogP contribution in [0.1, 0.15) is 43.3 Å². The maximum Gasteiger partial charge on any atom is 0.227 e. The molecule has 2 heterocycles. The summed E-state index contributed by atoms with van der Waals surface area (Å²) in [6.45, 7) is 4.36. The summed E-state index contributed by atoms with van der Waals surface area (Å²) in [5.41, 5.74) is 3.00. The highest BCUT2D eigenvalue weighted by atomic mass is 32.2. The molecule has 0 radical (unpaired) electrons. The number of rotatable bonds is 12. The third kappa shape index (κ3) is 5.42. The first kappa shape index (κ1) is 21.0. The van der Waals surface area contributed by atoms with Crippen LogP contribution in [0.5, 0.6) is 0 Å². The lowest BCUT2D eigenvalue weighted by Crippen LogP contribution is -2.23. The van der Waals surface area contributed by atoms with Crippen molar-refractivity contribution in [3.63, 3.8) is 0 Å². The van der Waals surface area contributed by atoms with Gasteiger partial charge in [-0.2, -0.15) is 5.10 Å². The fourth-order valence-corrected chi connectivity index (χ4v) is 5.22. The van der Waals surface area contributed by atoms with Crippen molar-refractivity contribution < 1.29 is 13.2 Å². The number of methoxy groups -OCH3 is 1. The Morgan fingerprint density at radius 2 is 2.14 bits per heavy atom. The Kier molecular flexibility index (Phi) is 6.90. The summed E-state index contributed by atoms with van der Waals surface area (Å²) in [6, 6.07) is 2.09. The Bertz CT molecular complexity index is 870. The van der Waals surface area contributed by atoms with Crippen LogP contribution in [0.3, 0.4) is 0 Å². The molecule has 0 bridgehead atoms. The molecule has 2 aromatic rings. The van der Waals surface area contributed by atoms with E-state index in [1.807, 2.05) is 7.05 Å². The topological polar surface area (TPSA) is 93.1 Å². The third-order valence-electron chi connectivity index (χ3n) is 4.91. The molecule has 0 aromatic carbocycles. The molecule has 1 N–H and O–H groups in total. The molecule has 1 saturated carbocycles. The predicted octanol–water partition coefficient (Wildman–Crippen LogP) is 2.02. The number of nitrogens with zero attached hydrogens (tertiary/aromatic N) is 4. The van der Waals surface area contributed by atoms with E-state index >= 15 is 0 Å². The quantitative estimate of drug-likeness (QED) is 0.576. The minimum atomic E-state index is -3.37. The van der Waals surface area contributed by atoms with Crippen molar-refractivity contribution in [1.82, 2.24) is 24.6 Å². The lowest BCUT2D eigenvalue weighted by molar-refractivity contribution is 0.182. The van der Waals surface area contributed by atoms with E-state index in [-0.39, 0.29) is 10.9 Å².